The normalized spacial score (nSPS) is 12.9. The Bertz CT molecular complexity index is 417. The quantitative estimate of drug-likeness (QED) is 0.621. The van der Waals surface area contributed by atoms with Crippen molar-refractivity contribution in [2.45, 2.75) is 19.5 Å². The standard InChI is InChI=1S/C11H10F4O3/c1-2-17-10(16)9(12)18-8-5-3-4-7(6-8)11(13,14)15/h3-6,9H,2H2,1H3. The zero-order valence-corrected chi connectivity index (χ0v) is 9.33. The number of carbonyl (C=O) groups excluding carboxylic acids is 1. The van der Waals surface area contributed by atoms with Crippen LogP contribution in [0.3, 0.4) is 0 Å². The number of halogens is 4. The minimum absolute atomic E-state index is 0.0504. The van der Waals surface area contributed by atoms with Crippen LogP contribution in [0.5, 0.6) is 5.75 Å². The Hall–Kier alpha value is -1.79. The van der Waals surface area contributed by atoms with Crippen molar-refractivity contribution >= 4 is 5.97 Å². The SMILES string of the molecule is CCOC(=O)C(F)Oc1cccc(C(F)(F)F)c1. The Labute approximate surface area is 100 Å². The average molecular weight is 266 g/mol. The highest BCUT2D eigenvalue weighted by atomic mass is 19.4. The van der Waals surface area contributed by atoms with Gasteiger partial charge >= 0.3 is 18.5 Å². The van der Waals surface area contributed by atoms with E-state index >= 15 is 0 Å². The molecule has 0 aliphatic rings. The maximum atomic E-state index is 13.1. The maximum absolute atomic E-state index is 13.1. The van der Waals surface area contributed by atoms with Crippen molar-refractivity contribution in [3.63, 3.8) is 0 Å². The zero-order valence-electron chi connectivity index (χ0n) is 9.33. The number of benzene rings is 1. The van der Waals surface area contributed by atoms with Gasteiger partial charge in [-0.15, -0.1) is 0 Å². The van der Waals surface area contributed by atoms with Gasteiger partial charge in [0.1, 0.15) is 5.75 Å². The maximum Gasteiger partial charge on any atom is 0.416 e. The number of carbonyl (C=O) groups is 1. The summed E-state index contributed by atoms with van der Waals surface area (Å²) in [4.78, 5) is 10.9. The van der Waals surface area contributed by atoms with E-state index < -0.39 is 29.8 Å². The molecule has 0 aliphatic heterocycles. The Kier molecular flexibility index (Phi) is 4.52. The van der Waals surface area contributed by atoms with Gasteiger partial charge in [-0.2, -0.15) is 17.6 Å². The predicted molar refractivity (Wildman–Crippen MR) is 53.6 cm³/mol. The van der Waals surface area contributed by atoms with Crippen LogP contribution in [0.4, 0.5) is 17.6 Å². The van der Waals surface area contributed by atoms with Crippen LogP contribution in [0.1, 0.15) is 12.5 Å². The molecular formula is C11H10F4O3. The fraction of sp³-hybridized carbons (Fsp3) is 0.364. The molecule has 0 heterocycles. The minimum atomic E-state index is -4.56. The van der Waals surface area contributed by atoms with Crippen LogP contribution in [0.2, 0.25) is 0 Å². The van der Waals surface area contributed by atoms with Gasteiger partial charge in [0.05, 0.1) is 12.2 Å². The molecule has 1 aromatic carbocycles. The number of hydrogen-bond donors (Lipinski definition) is 0. The lowest BCUT2D eigenvalue weighted by Gasteiger charge is -2.12. The molecule has 7 heteroatoms. The van der Waals surface area contributed by atoms with E-state index in [9.17, 15) is 22.4 Å². The summed E-state index contributed by atoms with van der Waals surface area (Å²) in [6, 6.07) is 3.58. The van der Waals surface area contributed by atoms with Crippen LogP contribution in [0, 0.1) is 0 Å². The van der Waals surface area contributed by atoms with Crippen molar-refractivity contribution in [3.05, 3.63) is 29.8 Å². The van der Waals surface area contributed by atoms with E-state index in [1.165, 1.54) is 6.92 Å². The molecule has 0 amide bonds. The Balaban J connectivity index is 2.76. The third-order valence-electron chi connectivity index (χ3n) is 1.87. The van der Waals surface area contributed by atoms with Crippen LogP contribution in [0.25, 0.3) is 0 Å². The van der Waals surface area contributed by atoms with Gasteiger partial charge in [0.15, 0.2) is 0 Å². The molecule has 0 saturated heterocycles. The van der Waals surface area contributed by atoms with Gasteiger partial charge in [-0.25, -0.2) is 4.79 Å². The number of esters is 1. The summed E-state index contributed by atoms with van der Waals surface area (Å²) in [6.07, 6.45) is -7.01. The number of alkyl halides is 4. The largest absolute Gasteiger partial charge is 0.461 e. The molecule has 0 fully saturated rings. The van der Waals surface area contributed by atoms with Crippen molar-refractivity contribution in [1.82, 2.24) is 0 Å². The molecule has 0 spiro atoms. The summed E-state index contributed by atoms with van der Waals surface area (Å²) in [5.41, 5.74) is -0.990. The molecule has 0 bridgehead atoms. The Morgan fingerprint density at radius 1 is 1.39 bits per heavy atom. The molecule has 1 unspecified atom stereocenters. The monoisotopic (exact) mass is 266 g/mol. The van der Waals surface area contributed by atoms with Crippen molar-refractivity contribution in [3.8, 4) is 5.75 Å². The summed E-state index contributed by atoms with van der Waals surface area (Å²) in [5.74, 6) is -1.68. The van der Waals surface area contributed by atoms with Crippen molar-refractivity contribution in [2.75, 3.05) is 6.61 Å². The summed E-state index contributed by atoms with van der Waals surface area (Å²) in [6.45, 7) is 1.42. The molecule has 0 aliphatic carbocycles. The highest BCUT2D eigenvalue weighted by Crippen LogP contribution is 2.31. The topological polar surface area (TPSA) is 35.5 Å². The van der Waals surface area contributed by atoms with Crippen LogP contribution in [-0.4, -0.2) is 18.9 Å². The van der Waals surface area contributed by atoms with Gasteiger partial charge in [-0.05, 0) is 25.1 Å². The molecule has 100 valence electrons. The lowest BCUT2D eigenvalue weighted by atomic mass is 10.2. The average Bonchev–Trinajstić information content (AvgIpc) is 2.28. The van der Waals surface area contributed by atoms with E-state index in [4.69, 9.17) is 0 Å². The van der Waals surface area contributed by atoms with E-state index in [1.54, 1.807) is 0 Å². The Morgan fingerprint density at radius 3 is 2.61 bits per heavy atom. The van der Waals surface area contributed by atoms with E-state index in [1.807, 2.05) is 0 Å². The van der Waals surface area contributed by atoms with Crippen LogP contribution >= 0.6 is 0 Å². The third kappa shape index (κ3) is 3.90. The molecule has 1 atom stereocenters. The van der Waals surface area contributed by atoms with Gasteiger partial charge in [-0.3, -0.25) is 0 Å². The number of rotatable bonds is 4. The first-order valence-electron chi connectivity index (χ1n) is 4.99. The lowest BCUT2D eigenvalue weighted by molar-refractivity contribution is -0.159. The molecule has 0 aromatic heterocycles. The van der Waals surface area contributed by atoms with Gasteiger partial charge in [0.25, 0.3) is 0 Å². The lowest BCUT2D eigenvalue weighted by Crippen LogP contribution is -2.24. The van der Waals surface area contributed by atoms with Gasteiger partial charge in [0, 0.05) is 0 Å². The molecule has 0 saturated carbocycles. The van der Waals surface area contributed by atoms with Crippen LogP contribution < -0.4 is 4.74 Å². The first-order chi connectivity index (χ1) is 8.34. The van der Waals surface area contributed by atoms with E-state index in [0.717, 1.165) is 18.2 Å². The fourth-order valence-electron chi connectivity index (χ4n) is 1.12. The first-order valence-corrected chi connectivity index (χ1v) is 4.99. The summed E-state index contributed by atoms with van der Waals surface area (Å²) >= 11 is 0. The van der Waals surface area contributed by atoms with Crippen molar-refractivity contribution < 1.29 is 31.8 Å². The molecule has 1 rings (SSSR count). The second-order valence-electron chi connectivity index (χ2n) is 3.21. The smallest absolute Gasteiger partial charge is 0.416 e. The second kappa shape index (κ2) is 5.70. The van der Waals surface area contributed by atoms with Gasteiger partial charge in [0.2, 0.25) is 0 Å². The zero-order chi connectivity index (χ0) is 13.8. The van der Waals surface area contributed by atoms with Crippen LogP contribution in [-0.2, 0) is 15.7 Å². The highest BCUT2D eigenvalue weighted by molar-refractivity contribution is 5.73. The van der Waals surface area contributed by atoms with Gasteiger partial charge in [-0.1, -0.05) is 6.07 Å². The summed E-state index contributed by atoms with van der Waals surface area (Å²) in [7, 11) is 0. The molecule has 0 N–H and O–H groups in total. The van der Waals surface area contributed by atoms with Crippen LogP contribution in [0.15, 0.2) is 24.3 Å². The molecule has 1 aromatic rings. The van der Waals surface area contributed by atoms with E-state index in [-0.39, 0.29) is 6.61 Å². The molecule has 3 nitrogen and oxygen atoms in total. The van der Waals surface area contributed by atoms with E-state index in [0.29, 0.717) is 6.07 Å². The fourth-order valence-corrected chi connectivity index (χ4v) is 1.12. The molecular weight excluding hydrogens is 256 g/mol. The summed E-state index contributed by atoms with van der Waals surface area (Å²) < 4.78 is 58.9. The van der Waals surface area contributed by atoms with Gasteiger partial charge < -0.3 is 9.47 Å². The summed E-state index contributed by atoms with van der Waals surface area (Å²) in [5, 5.41) is 0. The number of hydrogen-bond acceptors (Lipinski definition) is 3. The minimum Gasteiger partial charge on any atom is -0.461 e. The first kappa shape index (κ1) is 14.3. The Morgan fingerprint density at radius 2 is 2.06 bits per heavy atom. The molecule has 18 heavy (non-hydrogen) atoms. The second-order valence-corrected chi connectivity index (χ2v) is 3.21. The highest BCUT2D eigenvalue weighted by Gasteiger charge is 2.31. The molecule has 0 radical (unpaired) electrons. The van der Waals surface area contributed by atoms with Crippen molar-refractivity contribution in [2.24, 2.45) is 0 Å². The van der Waals surface area contributed by atoms with Crippen molar-refractivity contribution in [1.29, 1.82) is 0 Å². The predicted octanol–water partition coefficient (Wildman–Crippen LogP) is 2.94. The third-order valence-corrected chi connectivity index (χ3v) is 1.87. The number of ether oxygens (including phenoxy) is 2. The van der Waals surface area contributed by atoms with E-state index in [2.05, 4.69) is 9.47 Å².